The van der Waals surface area contributed by atoms with Gasteiger partial charge < -0.3 is 14.6 Å². The summed E-state index contributed by atoms with van der Waals surface area (Å²) in [6.45, 7) is 3.55. The van der Waals surface area contributed by atoms with Crippen molar-refractivity contribution in [1.82, 2.24) is 9.97 Å². The van der Waals surface area contributed by atoms with Gasteiger partial charge in [0.15, 0.2) is 17.6 Å². The Morgan fingerprint density at radius 1 is 1.23 bits per heavy atom. The third-order valence-corrected chi connectivity index (χ3v) is 3.92. The highest BCUT2D eigenvalue weighted by molar-refractivity contribution is 6.31. The summed E-state index contributed by atoms with van der Waals surface area (Å²) in [5, 5.41) is 10.8. The van der Waals surface area contributed by atoms with E-state index in [-0.39, 0.29) is 18.1 Å². The number of carbonyl (C=O) groups is 1. The first-order valence-electron chi connectivity index (χ1n) is 8.07. The van der Waals surface area contributed by atoms with Crippen LogP contribution in [0.15, 0.2) is 42.6 Å². The maximum absolute atomic E-state index is 11.6. The minimum absolute atomic E-state index is 0.100. The van der Waals surface area contributed by atoms with Gasteiger partial charge in [-0.2, -0.15) is 0 Å². The average molecular weight is 373 g/mol. The number of halogens is 1. The zero-order valence-electron chi connectivity index (χ0n) is 14.3. The first kappa shape index (κ1) is 17.9. The lowest BCUT2D eigenvalue weighted by Gasteiger charge is -2.14. The summed E-state index contributed by atoms with van der Waals surface area (Å²) < 4.78 is 10.3. The number of phenolic OH excluding ortho intramolecular Hbond substituents is 1. The van der Waals surface area contributed by atoms with E-state index in [1.807, 2.05) is 0 Å². The van der Waals surface area contributed by atoms with E-state index in [0.717, 1.165) is 0 Å². The zero-order valence-corrected chi connectivity index (χ0v) is 15.0. The van der Waals surface area contributed by atoms with Gasteiger partial charge in [0, 0.05) is 10.6 Å². The van der Waals surface area contributed by atoms with Crippen LogP contribution in [0.1, 0.15) is 13.8 Å². The topological polar surface area (TPSA) is 81.5 Å². The van der Waals surface area contributed by atoms with Crippen molar-refractivity contribution in [3.8, 4) is 22.8 Å². The lowest BCUT2D eigenvalue weighted by molar-refractivity contribution is -0.150. The van der Waals surface area contributed by atoms with Gasteiger partial charge in [-0.25, -0.2) is 9.78 Å². The van der Waals surface area contributed by atoms with Crippen LogP contribution in [-0.4, -0.2) is 33.8 Å². The van der Waals surface area contributed by atoms with Gasteiger partial charge in [0.05, 0.1) is 29.5 Å². The molecule has 0 aliphatic rings. The molecule has 3 aromatic rings. The van der Waals surface area contributed by atoms with Crippen molar-refractivity contribution >= 4 is 28.6 Å². The largest absolute Gasteiger partial charge is 0.504 e. The monoisotopic (exact) mass is 372 g/mol. The predicted molar refractivity (Wildman–Crippen MR) is 98.4 cm³/mol. The van der Waals surface area contributed by atoms with Crippen LogP contribution < -0.4 is 4.74 Å². The number of hydrogen-bond donors (Lipinski definition) is 1. The molecule has 26 heavy (non-hydrogen) atoms. The Balaban J connectivity index is 1.85. The Kier molecular flexibility index (Phi) is 5.23. The number of nitrogens with zero attached hydrogens (tertiary/aromatic N) is 2. The van der Waals surface area contributed by atoms with Crippen LogP contribution in [-0.2, 0) is 9.53 Å². The van der Waals surface area contributed by atoms with Crippen LogP contribution in [0.25, 0.3) is 22.3 Å². The molecule has 0 radical (unpaired) electrons. The maximum Gasteiger partial charge on any atom is 0.347 e. The fourth-order valence-electron chi connectivity index (χ4n) is 2.40. The molecule has 7 heteroatoms. The summed E-state index contributed by atoms with van der Waals surface area (Å²) in [5.74, 6) is -0.401. The van der Waals surface area contributed by atoms with E-state index in [4.69, 9.17) is 21.1 Å². The van der Waals surface area contributed by atoms with E-state index in [0.29, 0.717) is 27.3 Å². The number of fused-ring (bicyclic) bond motifs is 1. The van der Waals surface area contributed by atoms with Crippen molar-refractivity contribution in [2.24, 2.45) is 0 Å². The van der Waals surface area contributed by atoms with Crippen molar-refractivity contribution < 1.29 is 19.4 Å². The van der Waals surface area contributed by atoms with Gasteiger partial charge in [-0.1, -0.05) is 11.6 Å². The van der Waals surface area contributed by atoms with Gasteiger partial charge in [-0.3, -0.25) is 4.98 Å². The zero-order chi connectivity index (χ0) is 18.7. The average Bonchev–Trinajstić information content (AvgIpc) is 2.63. The second kappa shape index (κ2) is 7.58. The van der Waals surface area contributed by atoms with Gasteiger partial charge in [0.1, 0.15) is 0 Å². The van der Waals surface area contributed by atoms with Crippen molar-refractivity contribution in [1.29, 1.82) is 0 Å². The minimum Gasteiger partial charge on any atom is -0.504 e. The maximum atomic E-state index is 11.6. The molecule has 0 saturated heterocycles. The molecule has 0 aliphatic carbocycles. The van der Waals surface area contributed by atoms with E-state index >= 15 is 0 Å². The van der Waals surface area contributed by atoms with Crippen molar-refractivity contribution in [2.45, 2.75) is 20.0 Å². The summed E-state index contributed by atoms with van der Waals surface area (Å²) >= 11 is 5.95. The number of carbonyl (C=O) groups excluding carboxylic acids is 1. The van der Waals surface area contributed by atoms with Gasteiger partial charge in [-0.15, -0.1) is 0 Å². The van der Waals surface area contributed by atoms with E-state index in [9.17, 15) is 9.90 Å². The number of ether oxygens (including phenoxy) is 2. The van der Waals surface area contributed by atoms with Crippen molar-refractivity contribution in [3.63, 3.8) is 0 Å². The summed E-state index contributed by atoms with van der Waals surface area (Å²) in [6.07, 6.45) is 0.784. The number of aromatic hydroxyl groups is 1. The number of phenols is 1. The minimum atomic E-state index is -0.822. The van der Waals surface area contributed by atoms with Crippen molar-refractivity contribution in [3.05, 3.63) is 47.6 Å². The lowest BCUT2D eigenvalue weighted by atomic mass is 10.1. The SMILES string of the molecule is CCOC(=O)C(C)Oc1ccc(-c2cnc3cc(Cl)ccc3n2)cc1O. The Hall–Kier alpha value is -2.86. The summed E-state index contributed by atoms with van der Waals surface area (Å²) in [6, 6.07) is 10.1. The van der Waals surface area contributed by atoms with E-state index < -0.39 is 12.1 Å². The van der Waals surface area contributed by atoms with Gasteiger partial charge in [-0.05, 0) is 50.2 Å². The second-order valence-electron chi connectivity index (χ2n) is 5.58. The number of aromatic nitrogens is 2. The molecular formula is C19H17ClN2O4. The first-order chi connectivity index (χ1) is 12.5. The Morgan fingerprint density at radius 3 is 2.77 bits per heavy atom. The summed E-state index contributed by atoms with van der Waals surface area (Å²) in [7, 11) is 0. The first-order valence-corrected chi connectivity index (χ1v) is 8.44. The molecule has 0 saturated carbocycles. The summed E-state index contributed by atoms with van der Waals surface area (Å²) in [5.41, 5.74) is 2.65. The smallest absolute Gasteiger partial charge is 0.347 e. The van der Waals surface area contributed by atoms with Gasteiger partial charge in [0.2, 0.25) is 0 Å². The fraction of sp³-hybridized carbons (Fsp3) is 0.211. The number of esters is 1. The van der Waals surface area contributed by atoms with Crippen LogP contribution in [0.2, 0.25) is 5.02 Å². The van der Waals surface area contributed by atoms with Crippen LogP contribution >= 0.6 is 11.6 Å². The summed E-state index contributed by atoms with van der Waals surface area (Å²) in [4.78, 5) is 20.5. The third kappa shape index (κ3) is 3.86. The molecule has 1 unspecified atom stereocenters. The molecule has 0 amide bonds. The molecule has 1 N–H and O–H groups in total. The van der Waals surface area contributed by atoms with E-state index in [2.05, 4.69) is 9.97 Å². The normalized spacial score (nSPS) is 12.0. The molecule has 2 aromatic carbocycles. The standard InChI is InChI=1S/C19H17ClN2O4/c1-3-25-19(24)11(2)26-18-7-4-12(8-17(18)23)16-10-21-15-9-13(20)5-6-14(15)22-16/h4-11,23H,3H2,1-2H3. The Morgan fingerprint density at radius 2 is 2.04 bits per heavy atom. The molecule has 3 rings (SSSR count). The highest BCUT2D eigenvalue weighted by atomic mass is 35.5. The highest BCUT2D eigenvalue weighted by Crippen LogP contribution is 2.32. The predicted octanol–water partition coefficient (Wildman–Crippen LogP) is 3.99. The van der Waals surface area contributed by atoms with Crippen LogP contribution in [0.4, 0.5) is 0 Å². The van der Waals surface area contributed by atoms with Gasteiger partial charge >= 0.3 is 5.97 Å². The molecular weight excluding hydrogens is 356 g/mol. The molecule has 0 bridgehead atoms. The van der Waals surface area contributed by atoms with E-state index in [1.54, 1.807) is 50.4 Å². The molecule has 0 spiro atoms. The number of hydrogen-bond acceptors (Lipinski definition) is 6. The molecule has 0 fully saturated rings. The highest BCUT2D eigenvalue weighted by Gasteiger charge is 2.18. The molecule has 1 aromatic heterocycles. The second-order valence-corrected chi connectivity index (χ2v) is 6.02. The molecule has 134 valence electrons. The molecule has 6 nitrogen and oxygen atoms in total. The van der Waals surface area contributed by atoms with Crippen LogP contribution in [0, 0.1) is 0 Å². The Bertz CT molecular complexity index is 961. The number of rotatable bonds is 5. The van der Waals surface area contributed by atoms with Crippen LogP contribution in [0.3, 0.4) is 0 Å². The Labute approximate surface area is 155 Å². The lowest BCUT2D eigenvalue weighted by Crippen LogP contribution is -2.26. The molecule has 1 heterocycles. The molecule has 0 aliphatic heterocycles. The van der Waals surface area contributed by atoms with Crippen LogP contribution in [0.5, 0.6) is 11.5 Å². The quantitative estimate of drug-likeness (QED) is 0.682. The third-order valence-electron chi connectivity index (χ3n) is 3.68. The van der Waals surface area contributed by atoms with E-state index in [1.165, 1.54) is 6.07 Å². The fourth-order valence-corrected chi connectivity index (χ4v) is 2.56. The number of benzene rings is 2. The molecule has 1 atom stereocenters. The van der Waals surface area contributed by atoms with Crippen molar-refractivity contribution in [2.75, 3.05) is 6.61 Å². The van der Waals surface area contributed by atoms with Gasteiger partial charge in [0.25, 0.3) is 0 Å².